The molecule has 1 atom stereocenters. The van der Waals surface area contributed by atoms with Crippen LogP contribution in [0.3, 0.4) is 0 Å². The van der Waals surface area contributed by atoms with Crippen molar-refractivity contribution in [2.24, 2.45) is 0 Å². The Balaban J connectivity index is 2.25. The van der Waals surface area contributed by atoms with E-state index in [2.05, 4.69) is 39.9 Å². The molecule has 0 unspecified atom stereocenters. The molecule has 1 heterocycles. The molecule has 0 spiro atoms. The molecule has 1 aliphatic heterocycles. The maximum atomic E-state index is 9.55. The maximum Gasteiger partial charge on any atom is 0.0762 e. The van der Waals surface area contributed by atoms with Gasteiger partial charge in [0.1, 0.15) is 0 Å². The normalized spacial score (nSPS) is 17.9. The second kappa shape index (κ2) is 5.23. The summed E-state index contributed by atoms with van der Waals surface area (Å²) in [5.74, 6) is 0. The number of halogens is 1. The molecule has 2 rings (SSSR count). The van der Waals surface area contributed by atoms with Gasteiger partial charge in [0, 0.05) is 17.6 Å². The lowest BCUT2D eigenvalue weighted by Gasteiger charge is -2.29. The fourth-order valence-electron chi connectivity index (χ4n) is 2.16. The fraction of sp³-hybridized carbons (Fsp3) is 0.429. The van der Waals surface area contributed by atoms with E-state index in [0.717, 1.165) is 29.5 Å². The van der Waals surface area contributed by atoms with Crippen molar-refractivity contribution >= 4 is 21.6 Å². The van der Waals surface area contributed by atoms with Crippen LogP contribution in [-0.2, 0) is 0 Å². The molecule has 17 heavy (non-hydrogen) atoms. The lowest BCUT2D eigenvalue weighted by Crippen LogP contribution is -2.29. The summed E-state index contributed by atoms with van der Waals surface area (Å²) in [4.78, 5) is 2.37. The van der Waals surface area contributed by atoms with Crippen molar-refractivity contribution in [1.82, 2.24) is 0 Å². The van der Waals surface area contributed by atoms with E-state index in [-0.39, 0.29) is 0 Å². The molecule has 0 radical (unpaired) electrons. The Kier molecular flexibility index (Phi) is 3.89. The smallest absolute Gasteiger partial charge is 0.0762 e. The SMILES string of the molecule is CC1=CCCN(c2ccc([C@H](C)O)cc2Br)C1. The third kappa shape index (κ3) is 2.90. The highest BCUT2D eigenvalue weighted by atomic mass is 79.9. The summed E-state index contributed by atoms with van der Waals surface area (Å²) < 4.78 is 1.06. The van der Waals surface area contributed by atoms with Gasteiger partial charge in [-0.2, -0.15) is 0 Å². The largest absolute Gasteiger partial charge is 0.389 e. The second-order valence-electron chi connectivity index (χ2n) is 4.65. The first-order valence-electron chi connectivity index (χ1n) is 5.96. The highest BCUT2D eigenvalue weighted by molar-refractivity contribution is 9.10. The van der Waals surface area contributed by atoms with Gasteiger partial charge in [0.15, 0.2) is 0 Å². The predicted molar refractivity (Wildman–Crippen MR) is 75.4 cm³/mol. The van der Waals surface area contributed by atoms with Gasteiger partial charge >= 0.3 is 0 Å². The molecule has 0 fully saturated rings. The van der Waals surface area contributed by atoms with Gasteiger partial charge in [-0.1, -0.05) is 17.7 Å². The van der Waals surface area contributed by atoms with E-state index < -0.39 is 6.10 Å². The average Bonchev–Trinajstić information content (AvgIpc) is 2.28. The van der Waals surface area contributed by atoms with Gasteiger partial charge in [-0.25, -0.2) is 0 Å². The Bertz CT molecular complexity index is 440. The monoisotopic (exact) mass is 295 g/mol. The summed E-state index contributed by atoms with van der Waals surface area (Å²) in [5.41, 5.74) is 3.58. The number of nitrogens with zero attached hydrogens (tertiary/aromatic N) is 1. The highest BCUT2D eigenvalue weighted by Crippen LogP contribution is 2.31. The van der Waals surface area contributed by atoms with E-state index in [4.69, 9.17) is 0 Å². The summed E-state index contributed by atoms with van der Waals surface area (Å²) in [6.45, 7) is 6.01. The average molecular weight is 296 g/mol. The number of anilines is 1. The molecule has 0 aromatic heterocycles. The lowest BCUT2D eigenvalue weighted by molar-refractivity contribution is 0.199. The molecule has 92 valence electrons. The van der Waals surface area contributed by atoms with Crippen LogP contribution in [0.25, 0.3) is 0 Å². The van der Waals surface area contributed by atoms with Crippen LogP contribution in [0.15, 0.2) is 34.3 Å². The van der Waals surface area contributed by atoms with Crippen LogP contribution in [0.4, 0.5) is 5.69 Å². The van der Waals surface area contributed by atoms with E-state index in [1.54, 1.807) is 6.92 Å². The summed E-state index contributed by atoms with van der Waals surface area (Å²) in [7, 11) is 0. The van der Waals surface area contributed by atoms with Crippen LogP contribution in [-0.4, -0.2) is 18.2 Å². The molecular weight excluding hydrogens is 278 g/mol. The molecular formula is C14H18BrNO. The summed E-state index contributed by atoms with van der Waals surface area (Å²) in [6.07, 6.45) is 2.99. The molecule has 0 amide bonds. The number of hydrogen-bond donors (Lipinski definition) is 1. The first-order valence-corrected chi connectivity index (χ1v) is 6.75. The van der Waals surface area contributed by atoms with E-state index in [9.17, 15) is 5.11 Å². The molecule has 1 aromatic carbocycles. The molecule has 1 aromatic rings. The van der Waals surface area contributed by atoms with Gasteiger partial charge in [0.2, 0.25) is 0 Å². The number of aliphatic hydroxyl groups excluding tert-OH is 1. The van der Waals surface area contributed by atoms with Crippen LogP contribution < -0.4 is 4.90 Å². The first-order chi connectivity index (χ1) is 8.08. The number of rotatable bonds is 2. The third-order valence-corrected chi connectivity index (χ3v) is 3.76. The number of hydrogen-bond acceptors (Lipinski definition) is 2. The predicted octanol–water partition coefficient (Wildman–Crippen LogP) is 3.66. The van der Waals surface area contributed by atoms with Crippen LogP contribution in [0.2, 0.25) is 0 Å². The standard InChI is InChI=1S/C14H18BrNO/c1-10-4-3-7-16(9-10)14-6-5-12(11(2)17)8-13(14)15/h4-6,8,11,17H,3,7,9H2,1-2H3/t11-/m0/s1. The van der Waals surface area contributed by atoms with Gasteiger partial charge in [-0.05, 0) is 53.9 Å². The quantitative estimate of drug-likeness (QED) is 0.842. The van der Waals surface area contributed by atoms with E-state index >= 15 is 0 Å². The lowest BCUT2D eigenvalue weighted by atomic mass is 10.1. The van der Waals surface area contributed by atoms with E-state index in [1.165, 1.54) is 11.3 Å². The van der Waals surface area contributed by atoms with Crippen LogP contribution in [0, 0.1) is 0 Å². The second-order valence-corrected chi connectivity index (χ2v) is 5.50. The van der Waals surface area contributed by atoms with E-state index in [1.807, 2.05) is 12.1 Å². The van der Waals surface area contributed by atoms with Crippen LogP contribution in [0.5, 0.6) is 0 Å². The van der Waals surface area contributed by atoms with E-state index in [0.29, 0.717) is 0 Å². The third-order valence-electron chi connectivity index (χ3n) is 3.13. The topological polar surface area (TPSA) is 23.5 Å². The minimum Gasteiger partial charge on any atom is -0.389 e. The van der Waals surface area contributed by atoms with Gasteiger partial charge in [0.05, 0.1) is 11.8 Å². The molecule has 0 bridgehead atoms. The maximum absolute atomic E-state index is 9.55. The van der Waals surface area contributed by atoms with Gasteiger partial charge < -0.3 is 10.0 Å². The van der Waals surface area contributed by atoms with Crippen molar-refractivity contribution in [3.8, 4) is 0 Å². The molecule has 1 N–H and O–H groups in total. The van der Waals surface area contributed by atoms with Crippen molar-refractivity contribution < 1.29 is 5.11 Å². The highest BCUT2D eigenvalue weighted by Gasteiger charge is 2.14. The first kappa shape index (κ1) is 12.7. The minimum absolute atomic E-state index is 0.414. The summed E-state index contributed by atoms with van der Waals surface area (Å²) >= 11 is 3.60. The molecule has 0 aliphatic carbocycles. The van der Waals surface area contributed by atoms with Crippen molar-refractivity contribution in [2.75, 3.05) is 18.0 Å². The van der Waals surface area contributed by atoms with Gasteiger partial charge in [-0.3, -0.25) is 0 Å². The van der Waals surface area contributed by atoms with Crippen molar-refractivity contribution in [1.29, 1.82) is 0 Å². The Morgan fingerprint density at radius 3 is 2.76 bits per heavy atom. The van der Waals surface area contributed by atoms with Crippen molar-refractivity contribution in [3.05, 3.63) is 39.9 Å². The molecule has 0 saturated carbocycles. The molecule has 3 heteroatoms. The van der Waals surface area contributed by atoms with Gasteiger partial charge in [-0.15, -0.1) is 0 Å². The Labute approximate surface area is 111 Å². The summed E-state index contributed by atoms with van der Waals surface area (Å²) in [6, 6.07) is 6.09. The fourth-order valence-corrected chi connectivity index (χ4v) is 2.80. The van der Waals surface area contributed by atoms with Crippen LogP contribution in [0.1, 0.15) is 31.9 Å². The molecule has 0 saturated heterocycles. The van der Waals surface area contributed by atoms with Crippen LogP contribution >= 0.6 is 15.9 Å². The number of benzene rings is 1. The summed E-state index contributed by atoms with van der Waals surface area (Å²) in [5, 5.41) is 9.55. The number of aliphatic hydroxyl groups is 1. The zero-order valence-corrected chi connectivity index (χ0v) is 11.9. The Hall–Kier alpha value is -0.800. The zero-order chi connectivity index (χ0) is 12.4. The Morgan fingerprint density at radius 2 is 2.18 bits per heavy atom. The Morgan fingerprint density at radius 1 is 1.41 bits per heavy atom. The minimum atomic E-state index is -0.414. The van der Waals surface area contributed by atoms with Crippen molar-refractivity contribution in [2.45, 2.75) is 26.4 Å². The van der Waals surface area contributed by atoms with Gasteiger partial charge in [0.25, 0.3) is 0 Å². The zero-order valence-electron chi connectivity index (χ0n) is 10.3. The van der Waals surface area contributed by atoms with Crippen molar-refractivity contribution in [3.63, 3.8) is 0 Å². The molecule has 2 nitrogen and oxygen atoms in total. The molecule has 1 aliphatic rings.